The fraction of sp³-hybridized carbons (Fsp3) is 0.150. The van der Waals surface area contributed by atoms with Crippen molar-refractivity contribution in [1.82, 2.24) is 9.55 Å². The number of para-hydroxylation sites is 1. The van der Waals surface area contributed by atoms with Crippen molar-refractivity contribution in [3.05, 3.63) is 82.1 Å². The molecular formula is C20H20N4O2. The maximum Gasteiger partial charge on any atom is 0.306 e. The van der Waals surface area contributed by atoms with E-state index in [1.807, 2.05) is 55.5 Å². The number of benzene rings is 2. The van der Waals surface area contributed by atoms with Crippen LogP contribution in [0, 0.1) is 5.41 Å². The number of hydrogen-bond acceptors (Lipinski definition) is 5. The van der Waals surface area contributed by atoms with Crippen molar-refractivity contribution in [2.24, 2.45) is 0 Å². The molecule has 3 aromatic rings. The number of nitrogens with one attached hydrogen (secondary N) is 2. The van der Waals surface area contributed by atoms with Gasteiger partial charge in [-0.25, -0.2) is 4.57 Å². The summed E-state index contributed by atoms with van der Waals surface area (Å²) >= 11 is 0. The highest BCUT2D eigenvalue weighted by Crippen LogP contribution is 2.23. The molecular weight excluding hydrogens is 328 g/mol. The predicted molar refractivity (Wildman–Crippen MR) is 103 cm³/mol. The van der Waals surface area contributed by atoms with Crippen molar-refractivity contribution in [2.45, 2.75) is 13.0 Å². The van der Waals surface area contributed by atoms with Crippen molar-refractivity contribution in [1.29, 1.82) is 5.41 Å². The van der Waals surface area contributed by atoms with Crippen molar-refractivity contribution in [3.8, 4) is 11.7 Å². The highest BCUT2D eigenvalue weighted by atomic mass is 16.5. The Hall–Kier alpha value is -3.41. The molecule has 0 saturated heterocycles. The van der Waals surface area contributed by atoms with Crippen LogP contribution >= 0.6 is 0 Å². The fourth-order valence-corrected chi connectivity index (χ4v) is 2.67. The summed E-state index contributed by atoms with van der Waals surface area (Å²) < 4.78 is 7.44. The molecule has 0 aliphatic rings. The average molecular weight is 348 g/mol. The molecule has 6 nitrogen and oxygen atoms in total. The molecule has 2 N–H and O–H groups in total. The van der Waals surface area contributed by atoms with Gasteiger partial charge in [-0.15, -0.1) is 0 Å². The van der Waals surface area contributed by atoms with Crippen LogP contribution in [-0.4, -0.2) is 22.8 Å². The van der Waals surface area contributed by atoms with Crippen molar-refractivity contribution in [3.63, 3.8) is 0 Å². The van der Waals surface area contributed by atoms with Gasteiger partial charge in [-0.1, -0.05) is 48.5 Å². The lowest BCUT2D eigenvalue weighted by Gasteiger charge is -2.19. The van der Waals surface area contributed by atoms with Gasteiger partial charge < -0.3 is 15.5 Å². The second-order valence-electron chi connectivity index (χ2n) is 5.70. The van der Waals surface area contributed by atoms with Crippen LogP contribution in [0.2, 0.25) is 0 Å². The third-order valence-corrected chi connectivity index (χ3v) is 4.03. The molecule has 1 atom stereocenters. The van der Waals surface area contributed by atoms with Crippen molar-refractivity contribution < 1.29 is 4.74 Å². The van der Waals surface area contributed by atoms with Crippen LogP contribution in [0.25, 0.3) is 5.69 Å². The van der Waals surface area contributed by atoms with Gasteiger partial charge in [0, 0.05) is 13.3 Å². The Morgan fingerprint density at radius 3 is 2.31 bits per heavy atom. The number of aromatic nitrogens is 2. The van der Waals surface area contributed by atoms with Crippen LogP contribution in [-0.2, 0) is 0 Å². The Morgan fingerprint density at radius 1 is 1.12 bits per heavy atom. The molecule has 0 amide bonds. The first kappa shape index (κ1) is 17.4. The maximum atomic E-state index is 13.0. The number of nitrogens with zero attached hydrogens (tertiary/aromatic N) is 2. The third kappa shape index (κ3) is 3.35. The van der Waals surface area contributed by atoms with Gasteiger partial charge in [0.25, 0.3) is 5.56 Å². The number of ether oxygens (including phenoxy) is 1. The second kappa shape index (κ2) is 7.65. The monoisotopic (exact) mass is 348 g/mol. The summed E-state index contributed by atoms with van der Waals surface area (Å²) in [7, 11) is 1.66. The summed E-state index contributed by atoms with van der Waals surface area (Å²) in [4.78, 5) is 17.4. The minimum Gasteiger partial charge on any atom is -0.456 e. The van der Waals surface area contributed by atoms with Gasteiger partial charge in [-0.3, -0.25) is 4.79 Å². The maximum absolute atomic E-state index is 13.0. The molecule has 1 aromatic heterocycles. The summed E-state index contributed by atoms with van der Waals surface area (Å²) in [6.07, 6.45) is 0.707. The van der Waals surface area contributed by atoms with Gasteiger partial charge in [0.2, 0.25) is 0 Å². The molecule has 0 saturated carbocycles. The first-order valence-electron chi connectivity index (χ1n) is 8.28. The quantitative estimate of drug-likeness (QED) is 0.669. The Labute approximate surface area is 151 Å². The molecule has 3 rings (SSSR count). The zero-order valence-electron chi connectivity index (χ0n) is 14.6. The summed E-state index contributed by atoms with van der Waals surface area (Å²) in [6, 6.07) is 19.0. The number of rotatable bonds is 6. The number of anilines is 1. The summed E-state index contributed by atoms with van der Waals surface area (Å²) in [5, 5.41) is 10.4. The normalized spacial score (nSPS) is 11.6. The zero-order valence-corrected chi connectivity index (χ0v) is 14.6. The average Bonchev–Trinajstić information content (AvgIpc) is 2.69. The second-order valence-corrected chi connectivity index (χ2v) is 5.70. The smallest absolute Gasteiger partial charge is 0.306 e. The van der Waals surface area contributed by atoms with Gasteiger partial charge in [0.15, 0.2) is 0 Å². The highest BCUT2D eigenvalue weighted by molar-refractivity contribution is 5.83. The molecule has 0 aliphatic carbocycles. The molecule has 132 valence electrons. The first-order valence-corrected chi connectivity index (χ1v) is 8.28. The minimum atomic E-state index is -0.360. The van der Waals surface area contributed by atoms with Gasteiger partial charge in [-0.2, -0.15) is 4.98 Å². The van der Waals surface area contributed by atoms with Gasteiger partial charge in [0.05, 0.1) is 5.69 Å². The van der Waals surface area contributed by atoms with E-state index in [2.05, 4.69) is 10.3 Å². The molecule has 0 fully saturated rings. The van der Waals surface area contributed by atoms with Crippen LogP contribution in [0.4, 0.5) is 5.82 Å². The molecule has 26 heavy (non-hydrogen) atoms. The first-order chi connectivity index (χ1) is 12.7. The molecule has 0 aliphatic heterocycles. The zero-order chi connectivity index (χ0) is 18.5. The van der Waals surface area contributed by atoms with Crippen LogP contribution in [0.1, 0.15) is 24.2 Å². The van der Waals surface area contributed by atoms with Crippen molar-refractivity contribution in [2.75, 3.05) is 12.4 Å². The Bertz CT molecular complexity index is 953. The lowest BCUT2D eigenvalue weighted by Crippen LogP contribution is -2.27. The van der Waals surface area contributed by atoms with E-state index < -0.39 is 0 Å². The Kier molecular flexibility index (Phi) is 5.12. The molecule has 0 bridgehead atoms. The van der Waals surface area contributed by atoms with Crippen molar-refractivity contribution >= 4 is 12.0 Å². The number of hydrogen-bond donors (Lipinski definition) is 2. The third-order valence-electron chi connectivity index (χ3n) is 4.03. The van der Waals surface area contributed by atoms with Crippen LogP contribution < -0.4 is 15.6 Å². The largest absolute Gasteiger partial charge is 0.456 e. The predicted octanol–water partition coefficient (Wildman–Crippen LogP) is 3.41. The van der Waals surface area contributed by atoms with E-state index in [0.717, 1.165) is 11.8 Å². The van der Waals surface area contributed by atoms with Gasteiger partial charge in [0.1, 0.15) is 17.5 Å². The fourth-order valence-electron chi connectivity index (χ4n) is 2.67. The topological polar surface area (TPSA) is 80.0 Å². The van der Waals surface area contributed by atoms with E-state index in [1.165, 1.54) is 4.57 Å². The highest BCUT2D eigenvalue weighted by Gasteiger charge is 2.19. The molecule has 1 heterocycles. The minimum absolute atomic E-state index is 0.174. The Balaban J connectivity index is 2.15. The SMILES string of the molecule is CNc1nc(OC(C)c2ccccc2)n(-c2ccccc2)c(=O)c1C=N. The lowest BCUT2D eigenvalue weighted by atomic mass is 10.1. The molecule has 0 spiro atoms. The van der Waals surface area contributed by atoms with E-state index in [-0.39, 0.29) is 23.2 Å². The molecule has 2 aromatic carbocycles. The summed E-state index contributed by atoms with van der Waals surface area (Å²) in [5.41, 5.74) is 1.42. The van der Waals surface area contributed by atoms with Crippen LogP contribution in [0.3, 0.4) is 0 Å². The van der Waals surface area contributed by atoms with E-state index in [1.54, 1.807) is 19.2 Å². The molecule has 1 unspecified atom stereocenters. The molecule has 0 radical (unpaired) electrons. The lowest BCUT2D eigenvalue weighted by molar-refractivity contribution is 0.201. The van der Waals surface area contributed by atoms with E-state index >= 15 is 0 Å². The van der Waals surface area contributed by atoms with Crippen LogP contribution in [0.15, 0.2) is 65.5 Å². The Morgan fingerprint density at radius 2 is 1.73 bits per heavy atom. The molecule has 6 heteroatoms. The summed E-state index contributed by atoms with van der Waals surface area (Å²) in [6.45, 7) is 1.90. The summed E-state index contributed by atoms with van der Waals surface area (Å²) in [5.74, 6) is 0.312. The van der Waals surface area contributed by atoms with Gasteiger partial charge in [-0.05, 0) is 24.6 Å². The van der Waals surface area contributed by atoms with E-state index in [0.29, 0.717) is 11.5 Å². The van der Waals surface area contributed by atoms with E-state index in [4.69, 9.17) is 10.1 Å². The van der Waals surface area contributed by atoms with Gasteiger partial charge >= 0.3 is 6.01 Å². The standard InChI is InChI=1S/C20H20N4O2/c1-14(15-9-5-3-6-10-15)26-20-23-18(22-2)17(13-21)19(25)24(20)16-11-7-4-8-12-16/h3-14,21-22H,1-2H3. The van der Waals surface area contributed by atoms with E-state index in [9.17, 15) is 4.79 Å². The van der Waals surface area contributed by atoms with Crippen LogP contribution in [0.5, 0.6) is 6.01 Å².